The van der Waals surface area contributed by atoms with Crippen molar-refractivity contribution in [1.82, 2.24) is 0 Å². The molecule has 6 heteroatoms. The van der Waals surface area contributed by atoms with E-state index < -0.39 is 4.92 Å². The molecule has 1 heterocycles. The van der Waals surface area contributed by atoms with Crippen LogP contribution in [0.3, 0.4) is 0 Å². The minimum atomic E-state index is -0.491. The number of hydrogen-bond acceptors (Lipinski definition) is 4. The van der Waals surface area contributed by atoms with Gasteiger partial charge in [-0.1, -0.05) is 11.8 Å². The van der Waals surface area contributed by atoms with E-state index in [-0.39, 0.29) is 5.69 Å². The smallest absolute Gasteiger partial charge is 0.285 e. The Morgan fingerprint density at radius 2 is 2.23 bits per heavy atom. The normalized spacial score (nSPS) is 10.0. The Hall–Kier alpha value is -1.30. The van der Waals surface area contributed by atoms with E-state index in [0.717, 1.165) is 0 Å². The minimum Gasteiger partial charge on any atom is -0.618 e. The molecule has 0 radical (unpaired) electrons. The lowest BCUT2D eigenvalue weighted by molar-refractivity contribution is -0.646. The first kappa shape index (κ1) is 9.79. The average Bonchev–Trinajstić information content (AvgIpc) is 2.03. The molecule has 0 aromatic carbocycles. The van der Waals surface area contributed by atoms with E-state index in [1.54, 1.807) is 6.26 Å². The molecule has 13 heavy (non-hydrogen) atoms. The second-order valence-corrected chi connectivity index (χ2v) is 3.29. The van der Waals surface area contributed by atoms with Gasteiger partial charge in [0, 0.05) is 0 Å². The molecule has 0 fully saturated rings. The molecular formula is C7H8N2O3S. The summed E-state index contributed by atoms with van der Waals surface area (Å²) < 4.78 is 0.632. The maximum absolute atomic E-state index is 11.1. The maximum Gasteiger partial charge on any atom is 0.285 e. The molecule has 0 aliphatic carbocycles. The lowest BCUT2D eigenvalue weighted by atomic mass is 10.3. The van der Waals surface area contributed by atoms with Gasteiger partial charge in [0.1, 0.15) is 0 Å². The summed E-state index contributed by atoms with van der Waals surface area (Å²) in [5, 5.41) is 21.9. The number of pyridine rings is 1. The van der Waals surface area contributed by atoms with Crippen molar-refractivity contribution in [3.05, 3.63) is 33.1 Å². The molecule has 0 aliphatic heterocycles. The van der Waals surface area contributed by atoms with Crippen LogP contribution >= 0.6 is 11.8 Å². The van der Waals surface area contributed by atoms with E-state index in [1.165, 1.54) is 30.9 Å². The van der Waals surface area contributed by atoms with Gasteiger partial charge in [-0.05, 0) is 13.2 Å². The predicted molar refractivity (Wildman–Crippen MR) is 48.6 cm³/mol. The Labute approximate surface area is 79.1 Å². The zero-order valence-electron chi connectivity index (χ0n) is 7.18. The first-order valence-electron chi connectivity index (χ1n) is 3.48. The zero-order chi connectivity index (χ0) is 10.0. The largest absolute Gasteiger partial charge is 0.618 e. The molecule has 0 unspecified atom stereocenters. The van der Waals surface area contributed by atoms with Crippen LogP contribution in [-0.4, -0.2) is 11.2 Å². The highest BCUT2D eigenvalue weighted by molar-refractivity contribution is 7.98. The number of hydrogen-bond donors (Lipinski definition) is 0. The van der Waals surface area contributed by atoms with Crippen molar-refractivity contribution in [1.29, 1.82) is 0 Å². The van der Waals surface area contributed by atoms with Crippen LogP contribution in [0.2, 0.25) is 0 Å². The summed E-state index contributed by atoms with van der Waals surface area (Å²) in [4.78, 5) is 10.00. The molecule has 0 N–H and O–H groups in total. The molecule has 0 saturated heterocycles. The summed E-state index contributed by atoms with van der Waals surface area (Å²) >= 11 is 1.18. The van der Waals surface area contributed by atoms with Gasteiger partial charge in [-0.2, -0.15) is 4.73 Å². The van der Waals surface area contributed by atoms with Crippen LogP contribution in [0.4, 0.5) is 5.69 Å². The summed E-state index contributed by atoms with van der Waals surface area (Å²) in [5.74, 6) is 0. The van der Waals surface area contributed by atoms with Gasteiger partial charge in [0.05, 0.1) is 16.6 Å². The molecule has 0 saturated carbocycles. The standard InChI is InChI=1S/C7H8N2O3S/c1-5-4-8(10)7(13-2)3-6(5)9(11)12/h3-4H,1-2H3. The summed E-state index contributed by atoms with van der Waals surface area (Å²) in [6.45, 7) is 1.54. The van der Waals surface area contributed by atoms with Gasteiger partial charge >= 0.3 is 0 Å². The highest BCUT2D eigenvalue weighted by Gasteiger charge is 2.17. The molecule has 70 valence electrons. The number of aromatic nitrogens is 1. The van der Waals surface area contributed by atoms with Crippen molar-refractivity contribution in [2.45, 2.75) is 11.9 Å². The van der Waals surface area contributed by atoms with Crippen LogP contribution in [0.25, 0.3) is 0 Å². The Balaban J connectivity index is 3.30. The molecule has 0 aliphatic rings. The van der Waals surface area contributed by atoms with Crippen LogP contribution in [0, 0.1) is 22.2 Å². The molecule has 1 rings (SSSR count). The second-order valence-electron chi connectivity index (χ2n) is 2.47. The fraction of sp³-hybridized carbons (Fsp3) is 0.286. The predicted octanol–water partition coefficient (Wildman–Crippen LogP) is 1.26. The fourth-order valence-corrected chi connectivity index (χ4v) is 1.41. The van der Waals surface area contributed by atoms with E-state index in [2.05, 4.69) is 0 Å². The van der Waals surface area contributed by atoms with Crippen LogP contribution < -0.4 is 4.73 Å². The maximum atomic E-state index is 11.1. The monoisotopic (exact) mass is 200 g/mol. The highest BCUT2D eigenvalue weighted by Crippen LogP contribution is 2.20. The van der Waals surface area contributed by atoms with Crippen molar-refractivity contribution in [2.24, 2.45) is 0 Å². The van der Waals surface area contributed by atoms with Gasteiger partial charge in [0.25, 0.3) is 10.7 Å². The van der Waals surface area contributed by atoms with Crippen LogP contribution in [0.5, 0.6) is 0 Å². The lowest BCUT2D eigenvalue weighted by Crippen LogP contribution is -2.29. The van der Waals surface area contributed by atoms with E-state index in [9.17, 15) is 15.3 Å². The van der Waals surface area contributed by atoms with Gasteiger partial charge in [0.2, 0.25) is 0 Å². The molecular weight excluding hydrogens is 192 g/mol. The van der Waals surface area contributed by atoms with Gasteiger partial charge in [-0.15, -0.1) is 0 Å². The summed E-state index contributed by atoms with van der Waals surface area (Å²) in [6, 6.07) is 1.28. The number of thioether (sulfide) groups is 1. The molecule has 1 aromatic rings. The molecule has 0 bridgehead atoms. The van der Waals surface area contributed by atoms with Crippen molar-refractivity contribution in [3.63, 3.8) is 0 Å². The average molecular weight is 200 g/mol. The number of nitrogens with zero attached hydrogens (tertiary/aromatic N) is 2. The van der Waals surface area contributed by atoms with Crippen molar-refractivity contribution in [2.75, 3.05) is 6.26 Å². The Bertz CT molecular complexity index is 354. The first-order chi connectivity index (χ1) is 6.06. The number of nitro groups is 1. The number of rotatable bonds is 2. The van der Waals surface area contributed by atoms with E-state index in [1.807, 2.05) is 0 Å². The van der Waals surface area contributed by atoms with Crippen molar-refractivity contribution >= 4 is 17.4 Å². The van der Waals surface area contributed by atoms with Crippen LogP contribution in [0.15, 0.2) is 17.3 Å². The topological polar surface area (TPSA) is 70.1 Å². The van der Waals surface area contributed by atoms with Gasteiger partial charge in [0.15, 0.2) is 6.20 Å². The van der Waals surface area contributed by atoms with E-state index in [4.69, 9.17) is 0 Å². The third kappa shape index (κ3) is 1.89. The van der Waals surface area contributed by atoms with Crippen LogP contribution in [0.1, 0.15) is 5.56 Å². The summed E-state index contributed by atoms with van der Waals surface area (Å²) in [6.07, 6.45) is 2.91. The van der Waals surface area contributed by atoms with Crippen molar-refractivity contribution < 1.29 is 9.65 Å². The SMILES string of the molecule is CSc1cc([N+](=O)[O-])c(C)c[n+]1[O-]. The van der Waals surface area contributed by atoms with E-state index in [0.29, 0.717) is 15.3 Å². The Morgan fingerprint density at radius 3 is 2.69 bits per heavy atom. The molecule has 1 aromatic heterocycles. The highest BCUT2D eigenvalue weighted by atomic mass is 32.2. The minimum absolute atomic E-state index is 0.0172. The zero-order valence-corrected chi connectivity index (χ0v) is 8.00. The number of aryl methyl sites for hydroxylation is 1. The quantitative estimate of drug-likeness (QED) is 0.237. The fourth-order valence-electron chi connectivity index (χ4n) is 0.946. The molecule has 0 amide bonds. The van der Waals surface area contributed by atoms with Gasteiger partial charge in [-0.25, -0.2) is 0 Å². The third-order valence-electron chi connectivity index (χ3n) is 1.60. The Kier molecular flexibility index (Phi) is 2.72. The molecule has 0 spiro atoms. The lowest BCUT2D eigenvalue weighted by Gasteiger charge is -2.02. The second kappa shape index (κ2) is 3.61. The van der Waals surface area contributed by atoms with Crippen molar-refractivity contribution in [3.8, 4) is 0 Å². The molecule has 5 nitrogen and oxygen atoms in total. The van der Waals surface area contributed by atoms with Crippen LogP contribution in [-0.2, 0) is 0 Å². The van der Waals surface area contributed by atoms with Gasteiger partial charge in [-0.3, -0.25) is 10.1 Å². The van der Waals surface area contributed by atoms with Gasteiger partial charge < -0.3 is 5.21 Å². The molecule has 0 atom stereocenters. The summed E-state index contributed by atoms with van der Waals surface area (Å²) in [7, 11) is 0. The Morgan fingerprint density at radius 1 is 1.62 bits per heavy atom. The first-order valence-corrected chi connectivity index (χ1v) is 4.71. The summed E-state index contributed by atoms with van der Waals surface area (Å²) in [5.41, 5.74) is 0.356. The van der Waals surface area contributed by atoms with E-state index >= 15 is 0 Å². The third-order valence-corrected chi connectivity index (χ3v) is 2.31.